The molecule has 0 spiro atoms. The molecule has 1 heterocycles. The molecule has 0 bridgehead atoms. The van der Waals surface area contributed by atoms with E-state index in [1.807, 2.05) is 29.7 Å². The van der Waals surface area contributed by atoms with Gasteiger partial charge in [-0.25, -0.2) is 0 Å². The van der Waals surface area contributed by atoms with Crippen molar-refractivity contribution in [1.82, 2.24) is 20.1 Å². The third-order valence-electron chi connectivity index (χ3n) is 4.09. The zero-order valence-corrected chi connectivity index (χ0v) is 19.2. The van der Waals surface area contributed by atoms with Crippen LogP contribution >= 0.6 is 39.3 Å². The van der Waals surface area contributed by atoms with Crippen molar-refractivity contribution in [2.75, 3.05) is 11.1 Å². The maximum Gasteiger partial charge on any atom is 0.251 e. The maximum atomic E-state index is 12.3. The van der Waals surface area contributed by atoms with Crippen LogP contribution < -0.4 is 10.6 Å². The molecule has 0 fully saturated rings. The average molecular weight is 509 g/mol. The lowest BCUT2D eigenvalue weighted by molar-refractivity contribution is -0.113. The normalized spacial score (nSPS) is 10.6. The van der Waals surface area contributed by atoms with E-state index in [4.69, 9.17) is 11.6 Å². The van der Waals surface area contributed by atoms with Crippen molar-refractivity contribution < 1.29 is 9.59 Å². The highest BCUT2D eigenvalue weighted by Crippen LogP contribution is 2.26. The summed E-state index contributed by atoms with van der Waals surface area (Å²) < 4.78 is 2.64. The van der Waals surface area contributed by atoms with Gasteiger partial charge in [-0.05, 0) is 53.2 Å². The summed E-state index contributed by atoms with van der Waals surface area (Å²) in [7, 11) is 0. The number of thioether (sulfide) groups is 1. The summed E-state index contributed by atoms with van der Waals surface area (Å²) in [6.07, 6.45) is 0. The summed E-state index contributed by atoms with van der Waals surface area (Å²) >= 11 is 10.6. The van der Waals surface area contributed by atoms with Gasteiger partial charge in [-0.3, -0.25) is 9.59 Å². The molecule has 0 aliphatic heterocycles. The third kappa shape index (κ3) is 5.84. The zero-order chi connectivity index (χ0) is 21.5. The number of rotatable bonds is 8. The van der Waals surface area contributed by atoms with Gasteiger partial charge in [0.15, 0.2) is 11.0 Å². The molecule has 3 rings (SSSR count). The maximum absolute atomic E-state index is 12.3. The molecule has 7 nitrogen and oxygen atoms in total. The van der Waals surface area contributed by atoms with Crippen LogP contribution in [-0.4, -0.2) is 32.3 Å². The van der Waals surface area contributed by atoms with Gasteiger partial charge in [-0.2, -0.15) is 0 Å². The van der Waals surface area contributed by atoms with E-state index in [1.54, 1.807) is 30.3 Å². The number of nitrogens with one attached hydrogen (secondary N) is 2. The van der Waals surface area contributed by atoms with Gasteiger partial charge in [0.05, 0.1) is 17.3 Å². The van der Waals surface area contributed by atoms with E-state index in [9.17, 15) is 9.59 Å². The second kappa shape index (κ2) is 10.6. The van der Waals surface area contributed by atoms with Crippen LogP contribution in [-0.2, 0) is 17.9 Å². The lowest BCUT2D eigenvalue weighted by Gasteiger charge is -2.09. The summed E-state index contributed by atoms with van der Waals surface area (Å²) in [5.74, 6) is 0.442. The number of carbonyl (C=O) groups is 2. The average Bonchev–Trinajstić information content (AvgIpc) is 3.15. The number of hydrogen-bond acceptors (Lipinski definition) is 5. The van der Waals surface area contributed by atoms with E-state index in [2.05, 4.69) is 36.8 Å². The first kappa shape index (κ1) is 22.3. The molecule has 2 aromatic carbocycles. The van der Waals surface area contributed by atoms with Crippen LogP contribution in [0.4, 0.5) is 5.69 Å². The molecule has 0 aliphatic carbocycles. The Kier molecular flexibility index (Phi) is 7.89. The van der Waals surface area contributed by atoms with Gasteiger partial charge in [0.2, 0.25) is 5.91 Å². The highest BCUT2D eigenvalue weighted by atomic mass is 79.9. The van der Waals surface area contributed by atoms with Gasteiger partial charge < -0.3 is 15.2 Å². The minimum Gasteiger partial charge on any atom is -0.345 e. The summed E-state index contributed by atoms with van der Waals surface area (Å²) in [5.41, 5.74) is 1.20. The molecule has 156 valence electrons. The van der Waals surface area contributed by atoms with Crippen LogP contribution in [0.5, 0.6) is 0 Å². The Bertz CT molecular complexity index is 1040. The second-order valence-corrected chi connectivity index (χ2v) is 8.36. The molecule has 0 radical (unpaired) electrons. The predicted octanol–water partition coefficient (Wildman–Crippen LogP) is 4.37. The summed E-state index contributed by atoms with van der Waals surface area (Å²) in [6, 6.07) is 14.2. The fourth-order valence-corrected chi connectivity index (χ4v) is 3.87. The summed E-state index contributed by atoms with van der Waals surface area (Å²) in [5, 5.41) is 15.1. The number of carbonyl (C=O) groups excluding carboxylic acids is 2. The van der Waals surface area contributed by atoms with Crippen molar-refractivity contribution in [3.63, 3.8) is 0 Å². The Morgan fingerprint density at radius 3 is 2.63 bits per heavy atom. The van der Waals surface area contributed by atoms with Crippen molar-refractivity contribution >= 4 is 56.8 Å². The van der Waals surface area contributed by atoms with E-state index in [1.165, 1.54) is 11.8 Å². The molecule has 0 unspecified atom stereocenters. The largest absolute Gasteiger partial charge is 0.345 e. The number of nitrogens with zero attached hydrogens (tertiary/aromatic N) is 3. The lowest BCUT2D eigenvalue weighted by Crippen LogP contribution is -2.24. The Labute approximate surface area is 191 Å². The number of anilines is 1. The van der Waals surface area contributed by atoms with Crippen molar-refractivity contribution in [2.45, 2.75) is 25.2 Å². The lowest BCUT2D eigenvalue weighted by atomic mass is 10.2. The number of benzene rings is 2. The van der Waals surface area contributed by atoms with Crippen LogP contribution in [0, 0.1) is 0 Å². The van der Waals surface area contributed by atoms with Gasteiger partial charge in [-0.15, -0.1) is 10.2 Å². The monoisotopic (exact) mass is 507 g/mol. The number of hydrogen-bond donors (Lipinski definition) is 2. The SMILES string of the molecule is CCn1c(CNC(=O)c2ccccc2)nnc1SCC(=O)Nc1ccc(Br)c(Cl)c1. The molecular formula is C20H19BrClN5O2S. The molecule has 0 saturated heterocycles. The van der Waals surface area contributed by atoms with Crippen LogP contribution in [0.3, 0.4) is 0 Å². The Balaban J connectivity index is 1.56. The number of halogens is 2. The highest BCUT2D eigenvalue weighted by molar-refractivity contribution is 9.10. The van der Waals surface area contributed by atoms with Crippen LogP contribution in [0.15, 0.2) is 58.2 Å². The van der Waals surface area contributed by atoms with Crippen molar-refractivity contribution in [3.8, 4) is 0 Å². The standard InChI is InChI=1S/C20H19BrClN5O2S/c1-2-27-17(11-23-19(29)13-6-4-3-5-7-13)25-26-20(27)30-12-18(28)24-14-8-9-15(21)16(22)10-14/h3-10H,2,11-12H2,1H3,(H,23,29)(H,24,28). The number of amides is 2. The molecule has 0 atom stereocenters. The minimum atomic E-state index is -0.178. The second-order valence-electron chi connectivity index (χ2n) is 6.16. The zero-order valence-electron chi connectivity index (χ0n) is 16.1. The van der Waals surface area contributed by atoms with Gasteiger partial charge >= 0.3 is 0 Å². The Morgan fingerprint density at radius 1 is 1.17 bits per heavy atom. The molecule has 0 saturated carbocycles. The molecule has 2 amide bonds. The fourth-order valence-electron chi connectivity index (χ4n) is 2.63. The molecule has 0 aliphatic rings. The van der Waals surface area contributed by atoms with Crippen molar-refractivity contribution in [2.24, 2.45) is 0 Å². The van der Waals surface area contributed by atoms with Crippen LogP contribution in [0.25, 0.3) is 0 Å². The van der Waals surface area contributed by atoms with E-state index < -0.39 is 0 Å². The van der Waals surface area contributed by atoms with E-state index >= 15 is 0 Å². The summed E-state index contributed by atoms with van der Waals surface area (Å²) in [4.78, 5) is 24.5. The molecule has 30 heavy (non-hydrogen) atoms. The smallest absolute Gasteiger partial charge is 0.251 e. The van der Waals surface area contributed by atoms with Crippen molar-refractivity contribution in [1.29, 1.82) is 0 Å². The molecule has 3 aromatic rings. The van der Waals surface area contributed by atoms with Gasteiger partial charge in [0.1, 0.15) is 0 Å². The fraction of sp³-hybridized carbons (Fsp3) is 0.200. The predicted molar refractivity (Wildman–Crippen MR) is 122 cm³/mol. The van der Waals surface area contributed by atoms with Crippen molar-refractivity contribution in [3.05, 3.63) is 69.4 Å². The first-order valence-corrected chi connectivity index (χ1v) is 11.3. The van der Waals surface area contributed by atoms with E-state index in [0.29, 0.717) is 33.8 Å². The molecule has 1 aromatic heterocycles. The highest BCUT2D eigenvalue weighted by Gasteiger charge is 2.14. The first-order valence-electron chi connectivity index (χ1n) is 9.11. The molecular weight excluding hydrogens is 490 g/mol. The Morgan fingerprint density at radius 2 is 1.93 bits per heavy atom. The minimum absolute atomic E-state index is 0.169. The Hall–Kier alpha value is -2.36. The van der Waals surface area contributed by atoms with E-state index in [-0.39, 0.29) is 24.1 Å². The van der Waals surface area contributed by atoms with Gasteiger partial charge in [0.25, 0.3) is 5.91 Å². The van der Waals surface area contributed by atoms with Crippen LogP contribution in [0.1, 0.15) is 23.1 Å². The molecule has 10 heteroatoms. The van der Waals surface area contributed by atoms with Crippen LogP contribution in [0.2, 0.25) is 5.02 Å². The van der Waals surface area contributed by atoms with Gasteiger partial charge in [0, 0.05) is 22.3 Å². The third-order valence-corrected chi connectivity index (χ3v) is 6.29. The first-order chi connectivity index (χ1) is 14.5. The molecule has 2 N–H and O–H groups in total. The quantitative estimate of drug-likeness (QED) is 0.441. The van der Waals surface area contributed by atoms with Gasteiger partial charge in [-0.1, -0.05) is 41.6 Å². The summed E-state index contributed by atoms with van der Waals surface area (Å²) in [6.45, 7) is 2.83. The number of aromatic nitrogens is 3. The topological polar surface area (TPSA) is 88.9 Å². The van der Waals surface area contributed by atoms with E-state index in [0.717, 1.165) is 4.47 Å².